The predicted octanol–water partition coefficient (Wildman–Crippen LogP) is 2.52. The fourth-order valence-corrected chi connectivity index (χ4v) is 1.85. The minimum absolute atomic E-state index is 0.531. The first-order valence-electron chi connectivity index (χ1n) is 5.84. The lowest BCUT2D eigenvalue weighted by molar-refractivity contribution is -0.149. The van der Waals surface area contributed by atoms with E-state index in [2.05, 4.69) is 0 Å². The van der Waals surface area contributed by atoms with Crippen LogP contribution in [0.5, 0.6) is 0 Å². The lowest BCUT2D eigenvalue weighted by Crippen LogP contribution is -2.38. The Morgan fingerprint density at radius 1 is 1.59 bits per heavy atom. The molecule has 1 N–H and O–H groups in total. The van der Waals surface area contributed by atoms with Crippen molar-refractivity contribution >= 4 is 5.97 Å². The van der Waals surface area contributed by atoms with E-state index >= 15 is 0 Å². The molecule has 1 atom stereocenters. The Labute approximate surface area is 102 Å². The van der Waals surface area contributed by atoms with E-state index < -0.39 is 11.4 Å². The van der Waals surface area contributed by atoms with E-state index in [-0.39, 0.29) is 0 Å². The van der Waals surface area contributed by atoms with Gasteiger partial charge in [0.15, 0.2) is 0 Å². The molecule has 0 aromatic carbocycles. The average molecular weight is 239 g/mol. The van der Waals surface area contributed by atoms with Gasteiger partial charge in [0.1, 0.15) is 5.76 Å². The number of hydrogen-bond acceptors (Lipinski definition) is 3. The number of aryl methyl sites for hydroxylation is 1. The summed E-state index contributed by atoms with van der Waals surface area (Å²) in [5.41, 5.74) is 0.420. The number of carbonyl (C=O) groups is 1. The number of carboxylic acids is 1. The maximum Gasteiger partial charge on any atom is 0.310 e. The SMILES string of the molecule is CCC(C)(CN(C)Cc1ccoc1C)C(=O)O. The number of aliphatic carboxylic acids is 1. The summed E-state index contributed by atoms with van der Waals surface area (Å²) in [6.07, 6.45) is 2.28. The summed E-state index contributed by atoms with van der Waals surface area (Å²) in [7, 11) is 1.93. The fourth-order valence-electron chi connectivity index (χ4n) is 1.85. The number of hydrogen-bond donors (Lipinski definition) is 1. The highest BCUT2D eigenvalue weighted by atomic mass is 16.4. The van der Waals surface area contributed by atoms with Gasteiger partial charge in [0.25, 0.3) is 0 Å². The van der Waals surface area contributed by atoms with Crippen LogP contribution in [0.25, 0.3) is 0 Å². The van der Waals surface area contributed by atoms with Crippen molar-refractivity contribution in [1.29, 1.82) is 0 Å². The standard InChI is InChI=1S/C13H21NO3/c1-5-13(3,12(15)16)9-14(4)8-11-6-7-17-10(11)2/h6-7H,5,8-9H2,1-4H3,(H,15,16). The Hall–Kier alpha value is -1.29. The maximum absolute atomic E-state index is 11.2. The predicted molar refractivity (Wildman–Crippen MR) is 65.8 cm³/mol. The number of furan rings is 1. The Kier molecular flexibility index (Phi) is 4.34. The van der Waals surface area contributed by atoms with Crippen molar-refractivity contribution in [2.24, 2.45) is 5.41 Å². The van der Waals surface area contributed by atoms with Crippen molar-refractivity contribution in [1.82, 2.24) is 4.90 Å². The van der Waals surface area contributed by atoms with Crippen LogP contribution < -0.4 is 0 Å². The van der Waals surface area contributed by atoms with Gasteiger partial charge in [-0.2, -0.15) is 0 Å². The van der Waals surface area contributed by atoms with Gasteiger partial charge in [-0.15, -0.1) is 0 Å². The average Bonchev–Trinajstić information content (AvgIpc) is 2.63. The van der Waals surface area contributed by atoms with Gasteiger partial charge in [0.05, 0.1) is 11.7 Å². The number of rotatable bonds is 6. The van der Waals surface area contributed by atoms with Gasteiger partial charge in [-0.25, -0.2) is 0 Å². The normalized spacial score (nSPS) is 14.9. The van der Waals surface area contributed by atoms with Crippen LogP contribution in [0.15, 0.2) is 16.7 Å². The van der Waals surface area contributed by atoms with E-state index in [0.29, 0.717) is 19.5 Å². The molecule has 1 unspecified atom stereocenters. The van der Waals surface area contributed by atoms with Crippen molar-refractivity contribution in [2.45, 2.75) is 33.7 Å². The molecule has 0 aliphatic heterocycles. The molecular weight excluding hydrogens is 218 g/mol. The molecule has 0 radical (unpaired) electrons. The van der Waals surface area contributed by atoms with Crippen LogP contribution in [0.2, 0.25) is 0 Å². The Morgan fingerprint density at radius 2 is 2.24 bits per heavy atom. The largest absolute Gasteiger partial charge is 0.481 e. The van der Waals surface area contributed by atoms with E-state index in [1.807, 2.05) is 31.9 Å². The molecular formula is C13H21NO3. The summed E-state index contributed by atoms with van der Waals surface area (Å²) in [5.74, 6) is 0.154. The minimum Gasteiger partial charge on any atom is -0.481 e. The summed E-state index contributed by atoms with van der Waals surface area (Å²) in [5, 5.41) is 9.22. The Morgan fingerprint density at radius 3 is 2.65 bits per heavy atom. The summed E-state index contributed by atoms with van der Waals surface area (Å²) in [6, 6.07) is 1.93. The molecule has 0 aliphatic rings. The molecule has 1 heterocycles. The third-order valence-electron chi connectivity index (χ3n) is 3.32. The molecule has 4 nitrogen and oxygen atoms in total. The van der Waals surface area contributed by atoms with Crippen LogP contribution >= 0.6 is 0 Å². The molecule has 1 aromatic rings. The molecule has 96 valence electrons. The van der Waals surface area contributed by atoms with Crippen LogP contribution in [0.1, 0.15) is 31.6 Å². The highest BCUT2D eigenvalue weighted by Crippen LogP contribution is 2.23. The zero-order valence-electron chi connectivity index (χ0n) is 11.0. The van der Waals surface area contributed by atoms with Crippen molar-refractivity contribution in [3.8, 4) is 0 Å². The lowest BCUT2D eigenvalue weighted by atomic mass is 9.87. The van der Waals surface area contributed by atoms with Gasteiger partial charge in [0.2, 0.25) is 0 Å². The first kappa shape index (κ1) is 13.8. The van der Waals surface area contributed by atoms with Crippen LogP contribution in [0.4, 0.5) is 0 Å². The second-order valence-electron chi connectivity index (χ2n) is 4.89. The lowest BCUT2D eigenvalue weighted by Gasteiger charge is -2.28. The smallest absolute Gasteiger partial charge is 0.310 e. The van der Waals surface area contributed by atoms with Crippen molar-refractivity contribution in [3.63, 3.8) is 0 Å². The Bertz CT molecular complexity index is 386. The summed E-state index contributed by atoms with van der Waals surface area (Å²) in [4.78, 5) is 13.2. The monoisotopic (exact) mass is 239 g/mol. The van der Waals surface area contributed by atoms with Crippen LogP contribution in [0.3, 0.4) is 0 Å². The molecule has 1 rings (SSSR count). The van der Waals surface area contributed by atoms with Crippen LogP contribution in [0, 0.1) is 12.3 Å². The molecule has 1 aromatic heterocycles. The topological polar surface area (TPSA) is 53.7 Å². The van der Waals surface area contributed by atoms with Gasteiger partial charge >= 0.3 is 5.97 Å². The highest BCUT2D eigenvalue weighted by molar-refractivity contribution is 5.74. The van der Waals surface area contributed by atoms with Gasteiger partial charge < -0.3 is 14.4 Å². The number of carboxylic acid groups (broad SMARTS) is 1. The molecule has 0 bridgehead atoms. The zero-order valence-corrected chi connectivity index (χ0v) is 11.0. The second-order valence-corrected chi connectivity index (χ2v) is 4.89. The fraction of sp³-hybridized carbons (Fsp3) is 0.615. The van der Waals surface area contributed by atoms with Gasteiger partial charge in [-0.3, -0.25) is 4.79 Å². The summed E-state index contributed by atoms with van der Waals surface area (Å²) in [6.45, 7) is 6.85. The van der Waals surface area contributed by atoms with E-state index in [4.69, 9.17) is 4.42 Å². The highest BCUT2D eigenvalue weighted by Gasteiger charge is 2.32. The van der Waals surface area contributed by atoms with Gasteiger partial charge in [-0.1, -0.05) is 6.92 Å². The molecule has 0 amide bonds. The molecule has 0 saturated carbocycles. The van der Waals surface area contributed by atoms with E-state index in [9.17, 15) is 9.90 Å². The molecule has 0 spiro atoms. The Balaban J connectivity index is 2.63. The van der Waals surface area contributed by atoms with E-state index in [0.717, 1.165) is 11.3 Å². The summed E-state index contributed by atoms with van der Waals surface area (Å²) >= 11 is 0. The molecule has 0 saturated heterocycles. The maximum atomic E-state index is 11.2. The van der Waals surface area contributed by atoms with Gasteiger partial charge in [-0.05, 0) is 33.4 Å². The zero-order chi connectivity index (χ0) is 13.1. The van der Waals surface area contributed by atoms with Crippen LogP contribution in [-0.4, -0.2) is 29.6 Å². The quantitative estimate of drug-likeness (QED) is 0.828. The van der Waals surface area contributed by atoms with Crippen molar-refractivity contribution < 1.29 is 14.3 Å². The van der Waals surface area contributed by atoms with Crippen LogP contribution in [-0.2, 0) is 11.3 Å². The van der Waals surface area contributed by atoms with E-state index in [1.54, 1.807) is 13.2 Å². The minimum atomic E-state index is -0.740. The third kappa shape index (κ3) is 3.33. The first-order valence-corrected chi connectivity index (χ1v) is 5.84. The van der Waals surface area contributed by atoms with Crippen molar-refractivity contribution in [3.05, 3.63) is 23.7 Å². The third-order valence-corrected chi connectivity index (χ3v) is 3.32. The molecule has 0 fully saturated rings. The molecule has 4 heteroatoms. The first-order chi connectivity index (χ1) is 7.89. The summed E-state index contributed by atoms with van der Waals surface area (Å²) < 4.78 is 5.23. The van der Waals surface area contributed by atoms with Crippen molar-refractivity contribution in [2.75, 3.05) is 13.6 Å². The second kappa shape index (κ2) is 5.36. The molecule has 17 heavy (non-hydrogen) atoms. The van der Waals surface area contributed by atoms with Gasteiger partial charge in [0, 0.05) is 18.7 Å². The molecule has 0 aliphatic carbocycles. The van der Waals surface area contributed by atoms with E-state index in [1.165, 1.54) is 0 Å². The number of nitrogens with zero attached hydrogens (tertiary/aromatic N) is 1.